The minimum Gasteiger partial charge on any atom is -0.394 e. The quantitative estimate of drug-likeness (QED) is 0.356. The number of hydrogen-bond donors (Lipinski definition) is 2. The summed E-state index contributed by atoms with van der Waals surface area (Å²) in [4.78, 5) is 21.4. The van der Waals surface area contributed by atoms with Crippen LogP contribution in [0.15, 0.2) is 71.2 Å². The van der Waals surface area contributed by atoms with Crippen LogP contribution in [0.5, 0.6) is 0 Å². The van der Waals surface area contributed by atoms with Crippen molar-refractivity contribution >= 4 is 60.6 Å². The number of aliphatic hydroxyl groups is 1. The summed E-state index contributed by atoms with van der Waals surface area (Å²) < 4.78 is 29.6. The van der Waals surface area contributed by atoms with E-state index in [2.05, 4.69) is 9.71 Å². The van der Waals surface area contributed by atoms with Gasteiger partial charge in [0.1, 0.15) is 6.04 Å². The fourth-order valence-corrected chi connectivity index (χ4v) is 6.59. The van der Waals surface area contributed by atoms with Gasteiger partial charge in [0.25, 0.3) is 10.0 Å². The predicted molar refractivity (Wildman–Crippen MR) is 146 cm³/mol. The van der Waals surface area contributed by atoms with Gasteiger partial charge in [0.15, 0.2) is 5.13 Å². The van der Waals surface area contributed by atoms with Crippen LogP contribution in [0, 0.1) is 0 Å². The molecule has 0 spiro atoms. The predicted octanol–water partition coefficient (Wildman–Crippen LogP) is 3.82. The lowest BCUT2D eigenvalue weighted by Crippen LogP contribution is -2.57. The first-order valence-corrected chi connectivity index (χ1v) is 14.5. The van der Waals surface area contributed by atoms with Crippen molar-refractivity contribution in [2.24, 2.45) is 0 Å². The zero-order chi connectivity index (χ0) is 26.2. The van der Waals surface area contributed by atoms with Crippen LogP contribution in [-0.4, -0.2) is 66.2 Å². The number of piperazine rings is 1. The van der Waals surface area contributed by atoms with Gasteiger partial charge in [0.05, 0.1) is 23.1 Å². The lowest BCUT2D eigenvalue weighted by molar-refractivity contribution is -0.138. The van der Waals surface area contributed by atoms with E-state index >= 15 is 0 Å². The first-order valence-electron chi connectivity index (χ1n) is 11.7. The summed E-state index contributed by atoms with van der Waals surface area (Å²) >= 11 is 7.38. The molecule has 0 radical (unpaired) electrons. The van der Waals surface area contributed by atoms with Gasteiger partial charge in [-0.3, -0.25) is 9.52 Å². The average Bonchev–Trinajstić information content (AvgIpc) is 3.57. The van der Waals surface area contributed by atoms with Gasteiger partial charge < -0.3 is 19.5 Å². The highest BCUT2D eigenvalue weighted by atomic mass is 35.5. The Hall–Kier alpha value is -3.12. The van der Waals surface area contributed by atoms with E-state index in [0.717, 1.165) is 16.6 Å². The highest BCUT2D eigenvalue weighted by molar-refractivity contribution is 7.93. The van der Waals surface area contributed by atoms with Gasteiger partial charge in [-0.25, -0.2) is 13.4 Å². The Kier molecular flexibility index (Phi) is 7.13. The van der Waals surface area contributed by atoms with E-state index in [1.54, 1.807) is 34.5 Å². The Bertz CT molecular complexity index is 1510. The van der Waals surface area contributed by atoms with E-state index < -0.39 is 22.1 Å². The van der Waals surface area contributed by atoms with E-state index in [-0.39, 0.29) is 17.4 Å². The number of carbonyl (C=O) groups is 1. The van der Waals surface area contributed by atoms with Gasteiger partial charge in [0.2, 0.25) is 5.91 Å². The maximum atomic E-state index is 13.5. The number of benzene rings is 2. The normalized spacial score (nSPS) is 17.2. The highest BCUT2D eigenvalue weighted by Gasteiger charge is 2.33. The summed E-state index contributed by atoms with van der Waals surface area (Å²) in [7, 11) is -3.74. The van der Waals surface area contributed by atoms with Crippen LogP contribution < -0.4 is 9.62 Å². The number of nitrogens with one attached hydrogen (secondary N) is 1. The minimum atomic E-state index is -3.74. The number of carbonyl (C=O) groups excluding carboxylic acids is 1. The number of aliphatic hydroxyl groups excluding tert-OH is 1. The molecule has 1 unspecified atom stereocenters. The van der Waals surface area contributed by atoms with Crippen molar-refractivity contribution in [3.8, 4) is 0 Å². The molecular weight excluding hydrogens is 534 g/mol. The maximum Gasteiger partial charge on any atom is 0.263 e. The number of amides is 1. The topological polar surface area (TPSA) is 108 Å². The zero-order valence-electron chi connectivity index (χ0n) is 20.0. The van der Waals surface area contributed by atoms with E-state index in [0.29, 0.717) is 29.8 Å². The Labute approximate surface area is 224 Å². The molecule has 1 saturated heterocycles. The van der Waals surface area contributed by atoms with Crippen molar-refractivity contribution in [3.63, 3.8) is 0 Å². The summed E-state index contributed by atoms with van der Waals surface area (Å²) in [6, 6.07) is 13.2. The van der Waals surface area contributed by atoms with Crippen LogP contribution in [0.3, 0.4) is 0 Å². The SMILES string of the molecule is C[C@@H](C(=O)N1CCN(c2ccc(S(=O)(=O)Nc3nccs3)cc2)CC1CO)n1ccc2ccc(Cl)cc21. The minimum absolute atomic E-state index is 0.0779. The third-order valence-corrected chi connectivity index (χ3v) is 9.01. The molecule has 0 aliphatic carbocycles. The second-order valence-corrected chi connectivity index (χ2v) is 11.9. The number of aromatic nitrogens is 2. The molecule has 1 fully saturated rings. The molecule has 0 bridgehead atoms. The van der Waals surface area contributed by atoms with E-state index in [4.69, 9.17) is 11.6 Å². The first-order chi connectivity index (χ1) is 17.8. The van der Waals surface area contributed by atoms with Crippen molar-refractivity contribution in [1.82, 2.24) is 14.5 Å². The smallest absolute Gasteiger partial charge is 0.263 e. The molecule has 194 valence electrons. The number of sulfonamides is 1. The van der Waals surface area contributed by atoms with Crippen LogP contribution in [0.4, 0.5) is 10.8 Å². The molecule has 12 heteroatoms. The van der Waals surface area contributed by atoms with Crippen LogP contribution >= 0.6 is 22.9 Å². The van der Waals surface area contributed by atoms with Gasteiger partial charge >= 0.3 is 0 Å². The molecule has 2 aromatic carbocycles. The summed E-state index contributed by atoms with van der Waals surface area (Å²) in [5, 5.41) is 13.7. The van der Waals surface area contributed by atoms with Gasteiger partial charge in [-0.2, -0.15) is 0 Å². The van der Waals surface area contributed by atoms with Gasteiger partial charge in [-0.15, -0.1) is 11.3 Å². The van der Waals surface area contributed by atoms with Crippen molar-refractivity contribution < 1.29 is 18.3 Å². The van der Waals surface area contributed by atoms with Crippen molar-refractivity contribution in [2.45, 2.75) is 23.9 Å². The second kappa shape index (κ2) is 10.3. The number of hydrogen-bond acceptors (Lipinski definition) is 7. The Morgan fingerprint density at radius 1 is 1.22 bits per heavy atom. The number of rotatable bonds is 7. The number of thiazole rings is 1. The number of nitrogens with zero attached hydrogens (tertiary/aromatic N) is 4. The largest absolute Gasteiger partial charge is 0.394 e. The molecule has 9 nitrogen and oxygen atoms in total. The van der Waals surface area contributed by atoms with Crippen molar-refractivity contribution in [2.75, 3.05) is 35.9 Å². The highest BCUT2D eigenvalue weighted by Crippen LogP contribution is 2.27. The Balaban J connectivity index is 1.28. The van der Waals surface area contributed by atoms with Crippen molar-refractivity contribution in [3.05, 3.63) is 71.3 Å². The monoisotopic (exact) mass is 559 g/mol. The van der Waals surface area contributed by atoms with Crippen LogP contribution in [0.2, 0.25) is 5.02 Å². The molecule has 2 atom stereocenters. The van der Waals surface area contributed by atoms with Crippen LogP contribution in [0.1, 0.15) is 13.0 Å². The fourth-order valence-electron chi connectivity index (χ4n) is 4.64. The molecule has 0 saturated carbocycles. The van der Waals surface area contributed by atoms with Gasteiger partial charge in [-0.05, 0) is 54.8 Å². The Morgan fingerprint density at radius 3 is 2.70 bits per heavy atom. The van der Waals surface area contributed by atoms with Crippen LogP contribution in [-0.2, 0) is 14.8 Å². The lowest BCUT2D eigenvalue weighted by atomic mass is 10.1. The zero-order valence-corrected chi connectivity index (χ0v) is 22.4. The molecule has 3 heterocycles. The average molecular weight is 560 g/mol. The maximum absolute atomic E-state index is 13.5. The Morgan fingerprint density at radius 2 is 2.00 bits per heavy atom. The molecule has 5 rings (SSSR count). The molecule has 1 aliphatic rings. The number of anilines is 2. The number of fused-ring (bicyclic) bond motifs is 1. The molecule has 1 aliphatic heterocycles. The summed E-state index contributed by atoms with van der Waals surface area (Å²) in [5.41, 5.74) is 1.70. The standard InChI is InChI=1S/C25H26ClN5O4S2/c1-17(30-10-8-18-2-3-19(26)14-23(18)30)24(33)31-12-11-29(15-21(31)16-32)20-4-6-22(7-5-20)37(34,35)28-25-27-9-13-36-25/h2-10,13-14,17,21,32H,11-12,15-16H2,1H3,(H,27,28)/t17-,21?/m0/s1. The molecule has 2 N–H and O–H groups in total. The van der Waals surface area contributed by atoms with Gasteiger partial charge in [0, 0.05) is 48.1 Å². The molecule has 1 amide bonds. The fraction of sp³-hybridized carbons (Fsp3) is 0.280. The summed E-state index contributed by atoms with van der Waals surface area (Å²) in [6.45, 7) is 3.08. The van der Waals surface area contributed by atoms with E-state index in [9.17, 15) is 18.3 Å². The first kappa shape index (κ1) is 25.5. The van der Waals surface area contributed by atoms with Gasteiger partial charge in [-0.1, -0.05) is 17.7 Å². The molecule has 2 aromatic heterocycles. The van der Waals surface area contributed by atoms with E-state index in [1.807, 2.05) is 46.9 Å². The van der Waals surface area contributed by atoms with Crippen molar-refractivity contribution in [1.29, 1.82) is 0 Å². The molecule has 4 aromatic rings. The number of halogens is 1. The third kappa shape index (κ3) is 5.17. The van der Waals surface area contributed by atoms with E-state index in [1.165, 1.54) is 17.5 Å². The summed E-state index contributed by atoms with van der Waals surface area (Å²) in [6.07, 6.45) is 3.41. The summed E-state index contributed by atoms with van der Waals surface area (Å²) in [5.74, 6) is -0.0779. The third-order valence-electron chi connectivity index (χ3n) is 6.60. The second-order valence-electron chi connectivity index (χ2n) is 8.85. The lowest BCUT2D eigenvalue weighted by Gasteiger charge is -2.42. The molecular formula is C25H26ClN5O4S2. The molecule has 37 heavy (non-hydrogen) atoms. The van der Waals surface area contributed by atoms with Crippen LogP contribution in [0.25, 0.3) is 10.9 Å².